The Balaban J connectivity index is 1.78. The highest BCUT2D eigenvalue weighted by molar-refractivity contribution is 6.53. The van der Waals surface area contributed by atoms with Crippen molar-refractivity contribution >= 4 is 6.96 Å². The van der Waals surface area contributed by atoms with Crippen molar-refractivity contribution in [3.05, 3.63) is 25.3 Å². The summed E-state index contributed by atoms with van der Waals surface area (Å²) >= 11 is 0. The molecule has 0 amide bonds. The van der Waals surface area contributed by atoms with Crippen molar-refractivity contribution in [2.75, 3.05) is 39.6 Å². The molecule has 114 valence electrons. The smallest absolute Gasteiger partial charge is 0.516 e. The van der Waals surface area contributed by atoms with E-state index in [1.165, 1.54) is 0 Å². The molecule has 2 heterocycles. The van der Waals surface area contributed by atoms with Gasteiger partial charge >= 0.3 is 6.96 Å². The van der Waals surface area contributed by atoms with Gasteiger partial charge in [-0.25, -0.2) is 0 Å². The minimum absolute atomic E-state index is 0.127. The van der Waals surface area contributed by atoms with Gasteiger partial charge in [0.2, 0.25) is 0 Å². The summed E-state index contributed by atoms with van der Waals surface area (Å²) in [5.41, 5.74) is -0.510. The molecule has 0 atom stereocenters. The maximum atomic E-state index is 5.63. The molecule has 0 unspecified atom stereocenters. The number of hydrogen-bond acceptors (Lipinski definition) is 6. The lowest BCUT2D eigenvalue weighted by molar-refractivity contribution is -0.187. The Hall–Kier alpha value is -0.695. The zero-order chi connectivity index (χ0) is 14.5. The fourth-order valence-corrected chi connectivity index (χ4v) is 2.03. The molecule has 0 aromatic rings. The Labute approximate surface area is 119 Å². The molecule has 0 radical (unpaired) electrons. The summed E-state index contributed by atoms with van der Waals surface area (Å²) in [6.07, 6.45) is 3.25. The maximum absolute atomic E-state index is 5.63. The van der Waals surface area contributed by atoms with Crippen molar-refractivity contribution in [2.24, 2.45) is 0 Å². The van der Waals surface area contributed by atoms with E-state index >= 15 is 0 Å². The van der Waals surface area contributed by atoms with Crippen LogP contribution in [0.4, 0.5) is 0 Å². The highest BCUT2D eigenvalue weighted by Crippen LogP contribution is 2.28. The number of hydrogen-bond donors (Lipinski definition) is 0. The fourth-order valence-electron chi connectivity index (χ4n) is 2.03. The van der Waals surface area contributed by atoms with Crippen LogP contribution in [0, 0.1) is 0 Å². The van der Waals surface area contributed by atoms with Gasteiger partial charge in [0, 0.05) is 26.4 Å². The zero-order valence-corrected chi connectivity index (χ0v) is 11.9. The van der Waals surface area contributed by atoms with Gasteiger partial charge in [-0.1, -0.05) is 12.2 Å². The largest absolute Gasteiger partial charge is 0.531 e. The second-order valence-electron chi connectivity index (χ2n) is 5.16. The van der Waals surface area contributed by atoms with Crippen LogP contribution in [-0.4, -0.2) is 58.3 Å². The molecule has 0 bridgehead atoms. The molecule has 0 aliphatic carbocycles. The highest BCUT2D eigenvalue weighted by Gasteiger charge is 2.44. The van der Waals surface area contributed by atoms with Crippen LogP contribution in [0.15, 0.2) is 25.3 Å². The van der Waals surface area contributed by atoms with E-state index in [0.717, 1.165) is 0 Å². The quantitative estimate of drug-likeness (QED) is 0.537. The van der Waals surface area contributed by atoms with Gasteiger partial charge in [-0.05, 0) is 6.92 Å². The molecule has 2 fully saturated rings. The summed E-state index contributed by atoms with van der Waals surface area (Å²) in [7, 11) is 0. The Morgan fingerprint density at radius 1 is 1.10 bits per heavy atom. The minimum Gasteiger partial charge on any atom is -0.516 e. The van der Waals surface area contributed by atoms with E-state index in [1.807, 2.05) is 6.92 Å². The van der Waals surface area contributed by atoms with E-state index in [4.69, 9.17) is 28.1 Å². The van der Waals surface area contributed by atoms with E-state index in [1.54, 1.807) is 12.2 Å². The molecule has 7 heteroatoms. The Bertz CT molecular complexity index is 330. The Morgan fingerprint density at radius 2 is 1.70 bits per heavy atom. The van der Waals surface area contributed by atoms with Crippen LogP contribution in [0.2, 0.25) is 0 Å². The van der Waals surface area contributed by atoms with Crippen LogP contribution in [0.3, 0.4) is 0 Å². The van der Waals surface area contributed by atoms with Crippen molar-refractivity contribution in [3.8, 4) is 0 Å². The second kappa shape index (κ2) is 6.84. The highest BCUT2D eigenvalue weighted by atomic mass is 16.9. The summed E-state index contributed by atoms with van der Waals surface area (Å²) in [6.45, 7) is 9.35. The molecule has 1 spiro atoms. The van der Waals surface area contributed by atoms with E-state index in [2.05, 4.69) is 13.2 Å². The molecule has 0 saturated carbocycles. The zero-order valence-electron chi connectivity index (χ0n) is 11.9. The molecular formula is C13H22BO6-. The van der Waals surface area contributed by atoms with E-state index < -0.39 is 12.6 Å². The van der Waals surface area contributed by atoms with Crippen molar-refractivity contribution in [2.45, 2.75) is 18.6 Å². The van der Waals surface area contributed by atoms with Gasteiger partial charge in [0.25, 0.3) is 0 Å². The monoisotopic (exact) mass is 285 g/mol. The first-order chi connectivity index (χ1) is 9.61. The second-order valence-corrected chi connectivity index (χ2v) is 5.16. The van der Waals surface area contributed by atoms with Crippen molar-refractivity contribution in [1.29, 1.82) is 0 Å². The van der Waals surface area contributed by atoms with Crippen LogP contribution < -0.4 is 0 Å². The molecule has 2 aliphatic rings. The first-order valence-electron chi connectivity index (χ1n) is 6.77. The summed E-state index contributed by atoms with van der Waals surface area (Å²) in [5, 5.41) is 0. The lowest BCUT2D eigenvalue weighted by Gasteiger charge is -2.52. The van der Waals surface area contributed by atoms with Gasteiger partial charge in [0.1, 0.15) is 5.60 Å². The molecular weight excluding hydrogens is 263 g/mol. The molecule has 20 heavy (non-hydrogen) atoms. The van der Waals surface area contributed by atoms with Gasteiger partial charge in [-0.15, -0.1) is 13.2 Å². The third-order valence-corrected chi connectivity index (χ3v) is 3.16. The predicted molar refractivity (Wildman–Crippen MR) is 74.1 cm³/mol. The SMILES string of the molecule is C=CCOC1CO[B-]2(OC1)OCC(C)(OCC=C)CO2. The van der Waals surface area contributed by atoms with Crippen LogP contribution in [-0.2, 0) is 28.1 Å². The van der Waals surface area contributed by atoms with Crippen LogP contribution in [0.1, 0.15) is 6.92 Å². The van der Waals surface area contributed by atoms with Gasteiger partial charge in [0.15, 0.2) is 0 Å². The maximum Gasteiger partial charge on any atom is 0.531 e. The van der Waals surface area contributed by atoms with Gasteiger partial charge in [0.05, 0.1) is 19.3 Å². The predicted octanol–water partition coefficient (Wildman–Crippen LogP) is 1.05. The van der Waals surface area contributed by atoms with E-state index in [0.29, 0.717) is 39.6 Å². The van der Waals surface area contributed by atoms with Crippen LogP contribution >= 0.6 is 0 Å². The summed E-state index contributed by atoms with van der Waals surface area (Å²) in [6, 6.07) is 0. The first kappa shape index (κ1) is 15.7. The molecule has 2 rings (SSSR count). The number of rotatable bonds is 6. The van der Waals surface area contributed by atoms with Gasteiger partial charge in [-0.2, -0.15) is 0 Å². The lowest BCUT2D eigenvalue weighted by Crippen LogP contribution is -2.63. The molecule has 2 aliphatic heterocycles. The molecule has 0 N–H and O–H groups in total. The fraction of sp³-hybridized carbons (Fsp3) is 0.692. The molecule has 0 aromatic carbocycles. The van der Waals surface area contributed by atoms with Crippen LogP contribution in [0.5, 0.6) is 0 Å². The topological polar surface area (TPSA) is 55.4 Å². The average molecular weight is 285 g/mol. The van der Waals surface area contributed by atoms with Crippen LogP contribution in [0.25, 0.3) is 0 Å². The first-order valence-corrected chi connectivity index (χ1v) is 6.77. The molecule has 0 aromatic heterocycles. The molecule has 6 nitrogen and oxygen atoms in total. The van der Waals surface area contributed by atoms with Crippen molar-refractivity contribution in [1.82, 2.24) is 0 Å². The molecule has 2 saturated heterocycles. The third-order valence-electron chi connectivity index (χ3n) is 3.16. The summed E-state index contributed by atoms with van der Waals surface area (Å²) in [4.78, 5) is 0. The van der Waals surface area contributed by atoms with E-state index in [-0.39, 0.29) is 6.10 Å². The van der Waals surface area contributed by atoms with E-state index in [9.17, 15) is 0 Å². The standard InChI is InChI=1S/C13H22BO6/c1-4-6-15-12-8-17-14(18-9-12)19-10-13(3,11-20-14)16-7-5-2/h4-5,12H,1-2,6-11H2,3H3/q-1. The Kier molecular flexibility index (Phi) is 5.37. The summed E-state index contributed by atoms with van der Waals surface area (Å²) < 4.78 is 33.5. The van der Waals surface area contributed by atoms with Crippen molar-refractivity contribution < 1.29 is 28.1 Å². The normalized spacial score (nSPS) is 37.8. The minimum atomic E-state index is -2.13. The average Bonchev–Trinajstić information content (AvgIpc) is 2.48. The van der Waals surface area contributed by atoms with Gasteiger partial charge in [-0.3, -0.25) is 0 Å². The summed E-state index contributed by atoms with van der Waals surface area (Å²) in [5.74, 6) is 0. The lowest BCUT2D eigenvalue weighted by atomic mass is 9.96. The van der Waals surface area contributed by atoms with Gasteiger partial charge < -0.3 is 28.1 Å². The third kappa shape index (κ3) is 3.91. The Morgan fingerprint density at radius 3 is 2.25 bits per heavy atom. The number of ether oxygens (including phenoxy) is 2. The van der Waals surface area contributed by atoms with Crippen molar-refractivity contribution in [3.63, 3.8) is 0 Å².